The van der Waals surface area contributed by atoms with Crippen LogP contribution in [0.3, 0.4) is 0 Å². The average molecular weight is 351 g/mol. The molecule has 0 unspecified atom stereocenters. The fourth-order valence-corrected chi connectivity index (χ4v) is 2.38. The normalized spacial score (nSPS) is 10.6. The van der Waals surface area contributed by atoms with Gasteiger partial charge in [0.05, 0.1) is 24.9 Å². The van der Waals surface area contributed by atoms with E-state index in [0.717, 1.165) is 13.0 Å². The second-order valence-electron chi connectivity index (χ2n) is 5.93. The van der Waals surface area contributed by atoms with Gasteiger partial charge in [0.15, 0.2) is 0 Å². The zero-order valence-electron chi connectivity index (χ0n) is 14.9. The highest BCUT2D eigenvalue weighted by Crippen LogP contribution is 2.19. The molecule has 0 atom stereocenters. The second kappa shape index (κ2) is 10.4. The first-order valence-corrected chi connectivity index (χ1v) is 8.06. The van der Waals surface area contributed by atoms with E-state index in [1.54, 1.807) is 23.1 Å². The third kappa shape index (κ3) is 7.30. The predicted molar refractivity (Wildman–Crippen MR) is 93.2 cm³/mol. The number of nitro benzene ring substituents is 1. The molecule has 0 fully saturated rings. The summed E-state index contributed by atoms with van der Waals surface area (Å²) >= 11 is 0. The topological polar surface area (TPSA) is 93.0 Å². The van der Waals surface area contributed by atoms with Crippen LogP contribution in [0.1, 0.15) is 18.4 Å². The van der Waals surface area contributed by atoms with Gasteiger partial charge in [0.2, 0.25) is 5.91 Å². The van der Waals surface area contributed by atoms with Crippen molar-refractivity contribution in [2.45, 2.75) is 19.3 Å². The Morgan fingerprint density at radius 2 is 1.84 bits per heavy atom. The highest BCUT2D eigenvalue weighted by molar-refractivity contribution is 5.80. The van der Waals surface area contributed by atoms with Crippen molar-refractivity contribution in [2.24, 2.45) is 0 Å². The summed E-state index contributed by atoms with van der Waals surface area (Å²) in [7, 11) is 5.18. The minimum atomic E-state index is -0.493. The van der Waals surface area contributed by atoms with Gasteiger partial charge < -0.3 is 14.5 Å². The number of hydrogen-bond donors (Lipinski definition) is 0. The van der Waals surface area contributed by atoms with Gasteiger partial charge in [-0.1, -0.05) is 18.2 Å². The molecular formula is C17H25N3O5. The van der Waals surface area contributed by atoms with E-state index < -0.39 is 10.9 Å². The molecule has 1 amide bonds. The maximum Gasteiger partial charge on any atom is 0.307 e. The fourth-order valence-electron chi connectivity index (χ4n) is 2.38. The first kappa shape index (κ1) is 20.6. The second-order valence-corrected chi connectivity index (χ2v) is 5.93. The van der Waals surface area contributed by atoms with E-state index in [1.807, 2.05) is 19.0 Å². The smallest absolute Gasteiger partial charge is 0.307 e. The Hall–Kier alpha value is -2.48. The van der Waals surface area contributed by atoms with Crippen LogP contribution in [0.5, 0.6) is 0 Å². The molecule has 0 N–H and O–H groups in total. The molecule has 0 aliphatic rings. The standard InChI is InChI=1S/C17H25N3O5/c1-18(2)10-6-11-19(12-9-17(22)25-3)16(21)13-14-7-4-5-8-15(14)20(23)24/h4-5,7-8H,6,9-13H2,1-3H3. The number of rotatable bonds is 10. The Balaban J connectivity index is 2.79. The molecule has 0 bridgehead atoms. The number of hydrogen-bond acceptors (Lipinski definition) is 6. The highest BCUT2D eigenvalue weighted by atomic mass is 16.6. The van der Waals surface area contributed by atoms with Gasteiger partial charge in [-0.3, -0.25) is 19.7 Å². The number of amides is 1. The predicted octanol–water partition coefficient (Wildman–Crippen LogP) is 1.48. The number of para-hydroxylation sites is 1. The average Bonchev–Trinajstić information content (AvgIpc) is 2.57. The third-order valence-corrected chi connectivity index (χ3v) is 3.73. The molecule has 138 valence electrons. The number of esters is 1. The van der Waals surface area contributed by atoms with Crippen molar-refractivity contribution >= 4 is 17.6 Å². The van der Waals surface area contributed by atoms with E-state index in [9.17, 15) is 19.7 Å². The van der Waals surface area contributed by atoms with E-state index in [4.69, 9.17) is 0 Å². The summed E-state index contributed by atoms with van der Waals surface area (Å²) in [5.74, 6) is -0.631. The lowest BCUT2D eigenvalue weighted by atomic mass is 10.1. The van der Waals surface area contributed by atoms with Crippen LogP contribution < -0.4 is 0 Å². The van der Waals surface area contributed by atoms with E-state index in [1.165, 1.54) is 13.2 Å². The molecule has 8 nitrogen and oxygen atoms in total. The molecule has 0 aliphatic heterocycles. The number of methoxy groups -OCH3 is 1. The third-order valence-electron chi connectivity index (χ3n) is 3.73. The molecule has 0 heterocycles. The molecule has 25 heavy (non-hydrogen) atoms. The molecule has 0 radical (unpaired) electrons. The van der Waals surface area contributed by atoms with Crippen molar-refractivity contribution < 1.29 is 19.2 Å². The number of benzene rings is 1. The van der Waals surface area contributed by atoms with E-state index in [-0.39, 0.29) is 31.0 Å². The maximum atomic E-state index is 12.6. The number of nitrogens with zero attached hydrogens (tertiary/aromatic N) is 3. The molecule has 1 aromatic carbocycles. The number of carbonyl (C=O) groups is 2. The van der Waals surface area contributed by atoms with Gasteiger partial charge in [0, 0.05) is 24.7 Å². The van der Waals surface area contributed by atoms with Crippen molar-refractivity contribution in [3.63, 3.8) is 0 Å². The Morgan fingerprint density at radius 1 is 1.16 bits per heavy atom. The van der Waals surface area contributed by atoms with Crippen molar-refractivity contribution in [1.29, 1.82) is 0 Å². The summed E-state index contributed by atoms with van der Waals surface area (Å²) in [6, 6.07) is 6.19. The summed E-state index contributed by atoms with van der Waals surface area (Å²) in [6.07, 6.45) is 0.776. The monoisotopic (exact) mass is 351 g/mol. The molecule has 0 saturated carbocycles. The van der Waals surface area contributed by atoms with Crippen molar-refractivity contribution in [1.82, 2.24) is 9.80 Å². The minimum absolute atomic E-state index is 0.0692. The van der Waals surface area contributed by atoms with Gasteiger partial charge in [-0.05, 0) is 27.1 Å². The van der Waals surface area contributed by atoms with Crippen LogP contribution in [-0.2, 0) is 20.7 Å². The first-order chi connectivity index (χ1) is 11.8. The van der Waals surface area contributed by atoms with Crippen LogP contribution >= 0.6 is 0 Å². The lowest BCUT2D eigenvalue weighted by molar-refractivity contribution is -0.385. The van der Waals surface area contributed by atoms with Crippen LogP contribution in [-0.4, -0.2) is 67.4 Å². The highest BCUT2D eigenvalue weighted by Gasteiger charge is 2.20. The molecule has 0 saturated heterocycles. The molecule has 1 aromatic rings. The van der Waals surface area contributed by atoms with Gasteiger partial charge in [0.1, 0.15) is 0 Å². The summed E-state index contributed by atoms with van der Waals surface area (Å²) in [5, 5.41) is 11.1. The first-order valence-electron chi connectivity index (χ1n) is 8.06. The Bertz CT molecular complexity index is 604. The van der Waals surface area contributed by atoms with Gasteiger partial charge in [-0.2, -0.15) is 0 Å². The van der Waals surface area contributed by atoms with Gasteiger partial charge in [0.25, 0.3) is 5.69 Å². The van der Waals surface area contributed by atoms with Crippen molar-refractivity contribution in [2.75, 3.05) is 40.8 Å². The van der Waals surface area contributed by atoms with Crippen LogP contribution in [0.2, 0.25) is 0 Å². The fraction of sp³-hybridized carbons (Fsp3) is 0.529. The number of nitro groups is 1. The van der Waals surface area contributed by atoms with Crippen molar-refractivity contribution in [3.05, 3.63) is 39.9 Å². The van der Waals surface area contributed by atoms with Crippen LogP contribution in [0.4, 0.5) is 5.69 Å². The number of carbonyl (C=O) groups excluding carboxylic acids is 2. The zero-order valence-corrected chi connectivity index (χ0v) is 14.9. The summed E-state index contributed by atoms with van der Waals surface area (Å²) in [4.78, 5) is 38.1. The van der Waals surface area contributed by atoms with E-state index in [2.05, 4.69) is 4.74 Å². The van der Waals surface area contributed by atoms with Crippen LogP contribution in [0, 0.1) is 10.1 Å². The van der Waals surface area contributed by atoms with Crippen LogP contribution in [0.15, 0.2) is 24.3 Å². The lowest BCUT2D eigenvalue weighted by Crippen LogP contribution is -2.36. The molecule has 0 aliphatic carbocycles. The van der Waals surface area contributed by atoms with Gasteiger partial charge >= 0.3 is 5.97 Å². The number of ether oxygens (including phenoxy) is 1. The molecule has 8 heteroatoms. The van der Waals surface area contributed by atoms with E-state index >= 15 is 0 Å². The summed E-state index contributed by atoms with van der Waals surface area (Å²) in [6.45, 7) is 1.52. The molecule has 0 aromatic heterocycles. The summed E-state index contributed by atoms with van der Waals surface area (Å²) < 4.78 is 4.62. The van der Waals surface area contributed by atoms with Gasteiger partial charge in [-0.25, -0.2) is 0 Å². The maximum absolute atomic E-state index is 12.6. The zero-order chi connectivity index (χ0) is 18.8. The largest absolute Gasteiger partial charge is 0.469 e. The minimum Gasteiger partial charge on any atom is -0.469 e. The quantitative estimate of drug-likeness (QED) is 0.360. The van der Waals surface area contributed by atoms with Crippen molar-refractivity contribution in [3.8, 4) is 0 Å². The molecule has 0 spiro atoms. The Kier molecular flexibility index (Phi) is 8.55. The summed E-state index contributed by atoms with van der Waals surface area (Å²) in [5.41, 5.74) is 0.297. The lowest BCUT2D eigenvalue weighted by Gasteiger charge is -2.23. The molecular weight excluding hydrogens is 326 g/mol. The Morgan fingerprint density at radius 3 is 2.44 bits per heavy atom. The SMILES string of the molecule is COC(=O)CCN(CCCN(C)C)C(=O)Cc1ccccc1[N+](=O)[O-]. The Labute approximate surface area is 147 Å². The molecule has 1 rings (SSSR count). The van der Waals surface area contributed by atoms with Gasteiger partial charge in [-0.15, -0.1) is 0 Å². The van der Waals surface area contributed by atoms with Crippen LogP contribution in [0.25, 0.3) is 0 Å². The van der Waals surface area contributed by atoms with E-state index in [0.29, 0.717) is 12.1 Å².